The quantitative estimate of drug-likeness (QED) is 0.336. The average molecular weight is 525 g/mol. The summed E-state index contributed by atoms with van der Waals surface area (Å²) >= 11 is 0. The summed E-state index contributed by atoms with van der Waals surface area (Å²) in [7, 11) is 0. The van der Waals surface area contributed by atoms with Gasteiger partial charge in [-0.15, -0.1) is 0 Å². The van der Waals surface area contributed by atoms with Crippen molar-refractivity contribution in [3.8, 4) is 0 Å². The van der Waals surface area contributed by atoms with E-state index in [1.807, 2.05) is 13.0 Å². The molecular weight excluding hydrogens is 486 g/mol. The zero-order valence-electron chi connectivity index (χ0n) is 20.9. The van der Waals surface area contributed by atoms with Crippen molar-refractivity contribution in [3.63, 3.8) is 0 Å². The van der Waals surface area contributed by atoms with Crippen LogP contribution in [0.5, 0.6) is 0 Å². The molecule has 0 aromatic carbocycles. The molecule has 0 bridgehead atoms. The Labute approximate surface area is 209 Å². The summed E-state index contributed by atoms with van der Waals surface area (Å²) in [6, 6.07) is 0. The topological polar surface area (TPSA) is 60.7 Å². The molecular formula is C27H38F6O3. The van der Waals surface area contributed by atoms with Gasteiger partial charge in [0.25, 0.3) is 5.60 Å². The van der Waals surface area contributed by atoms with Crippen LogP contribution in [0.4, 0.5) is 26.3 Å². The Morgan fingerprint density at radius 3 is 2.33 bits per heavy atom. The van der Waals surface area contributed by atoms with Crippen molar-refractivity contribution >= 4 is 0 Å². The highest BCUT2D eigenvalue weighted by molar-refractivity contribution is 5.38. The van der Waals surface area contributed by atoms with Crippen LogP contribution >= 0.6 is 0 Å². The molecule has 3 nitrogen and oxygen atoms in total. The number of alkyl halides is 6. The number of hydrogen-bond acceptors (Lipinski definition) is 3. The minimum atomic E-state index is -5.77. The highest BCUT2D eigenvalue weighted by atomic mass is 19.4. The predicted molar refractivity (Wildman–Crippen MR) is 125 cm³/mol. The number of aliphatic hydroxyl groups excluding tert-OH is 2. The maximum Gasteiger partial charge on any atom is 0.426 e. The predicted octanol–water partition coefficient (Wildman–Crippen LogP) is 6.79. The van der Waals surface area contributed by atoms with Gasteiger partial charge in [-0.25, -0.2) is 0 Å². The molecule has 0 aromatic heterocycles. The fourth-order valence-electron chi connectivity index (χ4n) is 7.00. The van der Waals surface area contributed by atoms with Crippen molar-refractivity contribution in [1.29, 1.82) is 0 Å². The Balaban J connectivity index is 1.69. The van der Waals surface area contributed by atoms with Gasteiger partial charge in [0.05, 0.1) is 12.2 Å². The molecule has 0 heterocycles. The van der Waals surface area contributed by atoms with Crippen molar-refractivity contribution in [3.05, 3.63) is 35.5 Å². The van der Waals surface area contributed by atoms with E-state index in [1.165, 1.54) is 5.57 Å². The Kier molecular flexibility index (Phi) is 8.48. The first-order valence-electron chi connectivity index (χ1n) is 12.8. The van der Waals surface area contributed by atoms with Crippen LogP contribution in [-0.4, -0.2) is 45.5 Å². The fraction of sp³-hybridized carbons (Fsp3) is 0.778. The maximum absolute atomic E-state index is 13.0. The standard InChI is InChI=1S/C27H38F6O3/c1-16(6-4-13-25(36,26(28,29)30)27(31,32)33)21-10-11-22-18(7-5-12-24(21,22)3)8-9-19-14-20(34)15-23(35)17(19)2/h8-9,16,20-23,34-36H,2,4-7,10-15H2,1,3H3/b18-8+,19-9-/t16-,20-,21-,22+,23?,24-/m1/s1. The van der Waals surface area contributed by atoms with Crippen LogP contribution in [-0.2, 0) is 0 Å². The van der Waals surface area contributed by atoms with E-state index in [9.17, 15) is 41.7 Å². The smallest absolute Gasteiger partial charge is 0.393 e. The van der Waals surface area contributed by atoms with Crippen LogP contribution in [0.3, 0.4) is 0 Å². The molecule has 0 radical (unpaired) electrons. The summed E-state index contributed by atoms with van der Waals surface area (Å²) < 4.78 is 78.1. The minimum absolute atomic E-state index is 0.0770. The molecule has 0 aromatic rings. The van der Waals surface area contributed by atoms with Crippen LogP contribution in [0.15, 0.2) is 35.5 Å². The molecule has 36 heavy (non-hydrogen) atoms. The van der Waals surface area contributed by atoms with Crippen molar-refractivity contribution in [1.82, 2.24) is 0 Å². The molecule has 0 amide bonds. The molecule has 3 aliphatic carbocycles. The van der Waals surface area contributed by atoms with E-state index in [1.54, 1.807) is 0 Å². The summed E-state index contributed by atoms with van der Waals surface area (Å²) in [6.07, 6.45) is -5.24. The van der Waals surface area contributed by atoms with E-state index in [0.29, 0.717) is 12.0 Å². The van der Waals surface area contributed by atoms with E-state index in [-0.39, 0.29) is 42.4 Å². The molecule has 1 unspecified atom stereocenters. The second kappa shape index (κ2) is 10.4. The zero-order valence-corrected chi connectivity index (χ0v) is 20.9. The summed E-state index contributed by atoms with van der Waals surface area (Å²) in [5.74, 6) is 0.355. The van der Waals surface area contributed by atoms with Crippen LogP contribution in [0.2, 0.25) is 0 Å². The third kappa shape index (κ3) is 5.58. The average Bonchev–Trinajstić information content (AvgIpc) is 3.11. The summed E-state index contributed by atoms with van der Waals surface area (Å²) in [6.45, 7) is 8.03. The first-order valence-corrected chi connectivity index (χ1v) is 12.8. The zero-order chi connectivity index (χ0) is 27.1. The molecule has 3 rings (SSSR count). The van der Waals surface area contributed by atoms with Crippen LogP contribution in [0, 0.1) is 23.2 Å². The summed E-state index contributed by atoms with van der Waals surface area (Å²) in [5.41, 5.74) is -2.08. The largest absolute Gasteiger partial charge is 0.426 e. The molecule has 206 valence electrons. The molecule has 0 aliphatic heterocycles. The Morgan fingerprint density at radius 2 is 1.72 bits per heavy atom. The van der Waals surface area contributed by atoms with Gasteiger partial charge in [0, 0.05) is 6.42 Å². The van der Waals surface area contributed by atoms with Crippen molar-refractivity contribution in [2.45, 2.75) is 108 Å². The monoisotopic (exact) mass is 524 g/mol. The van der Waals surface area contributed by atoms with Gasteiger partial charge in [-0.3, -0.25) is 0 Å². The second-order valence-corrected chi connectivity index (χ2v) is 11.4. The minimum Gasteiger partial charge on any atom is -0.393 e. The molecule has 9 heteroatoms. The summed E-state index contributed by atoms with van der Waals surface area (Å²) in [5, 5.41) is 29.5. The molecule has 3 N–H and O–H groups in total. The highest BCUT2D eigenvalue weighted by Crippen LogP contribution is 2.60. The fourth-order valence-corrected chi connectivity index (χ4v) is 7.00. The maximum atomic E-state index is 13.0. The van der Waals surface area contributed by atoms with Crippen molar-refractivity contribution < 1.29 is 41.7 Å². The highest BCUT2D eigenvalue weighted by Gasteiger charge is 2.69. The summed E-state index contributed by atoms with van der Waals surface area (Å²) in [4.78, 5) is 0. The van der Waals surface area contributed by atoms with Gasteiger partial charge in [-0.05, 0) is 85.7 Å². The van der Waals surface area contributed by atoms with E-state index in [0.717, 1.165) is 37.7 Å². The van der Waals surface area contributed by atoms with E-state index >= 15 is 0 Å². The van der Waals surface area contributed by atoms with Crippen LogP contribution in [0.25, 0.3) is 0 Å². The molecule has 3 aliphatic rings. The van der Waals surface area contributed by atoms with Crippen molar-refractivity contribution in [2.75, 3.05) is 0 Å². The molecule has 6 atom stereocenters. The van der Waals surface area contributed by atoms with E-state index in [4.69, 9.17) is 0 Å². The molecule has 0 spiro atoms. The Hall–Kier alpha value is -1.32. The lowest BCUT2D eigenvalue weighted by Crippen LogP contribution is -2.56. The molecule has 3 saturated carbocycles. The van der Waals surface area contributed by atoms with Gasteiger partial charge >= 0.3 is 12.4 Å². The second-order valence-electron chi connectivity index (χ2n) is 11.4. The third-order valence-electron chi connectivity index (χ3n) is 9.12. The van der Waals surface area contributed by atoms with Gasteiger partial charge in [-0.2, -0.15) is 26.3 Å². The Morgan fingerprint density at radius 1 is 1.08 bits per heavy atom. The van der Waals surface area contributed by atoms with Gasteiger partial charge in [0.15, 0.2) is 0 Å². The Bertz CT molecular complexity index is 860. The third-order valence-corrected chi connectivity index (χ3v) is 9.12. The van der Waals surface area contributed by atoms with Gasteiger partial charge in [0.2, 0.25) is 0 Å². The van der Waals surface area contributed by atoms with E-state index in [2.05, 4.69) is 19.6 Å². The number of hydrogen-bond donors (Lipinski definition) is 3. The number of fused-ring (bicyclic) bond motifs is 1. The SMILES string of the molecule is C=C1/C(=C\C=C2/CCC[C@]3(C)[C@@H]([C@H](C)CCCC(O)(C(F)(F)F)C(F)(F)F)CC[C@@H]23)C[C@@H](O)CC1O. The van der Waals surface area contributed by atoms with Gasteiger partial charge < -0.3 is 15.3 Å². The van der Waals surface area contributed by atoms with Crippen LogP contribution < -0.4 is 0 Å². The van der Waals surface area contributed by atoms with Crippen molar-refractivity contribution in [2.24, 2.45) is 23.2 Å². The lowest BCUT2D eigenvalue weighted by atomic mass is 9.60. The lowest BCUT2D eigenvalue weighted by Gasteiger charge is -2.44. The number of halogens is 6. The van der Waals surface area contributed by atoms with E-state index < -0.39 is 36.6 Å². The van der Waals surface area contributed by atoms with Gasteiger partial charge in [0.1, 0.15) is 0 Å². The first kappa shape index (κ1) is 29.2. The number of rotatable bonds is 6. The molecule has 3 fully saturated rings. The lowest BCUT2D eigenvalue weighted by molar-refractivity contribution is -0.370. The molecule has 0 saturated heterocycles. The van der Waals surface area contributed by atoms with Gasteiger partial charge in [-0.1, -0.05) is 44.6 Å². The number of allylic oxidation sites excluding steroid dienone is 3. The first-order chi connectivity index (χ1) is 16.5. The normalized spacial score (nSPS) is 35.4. The number of aliphatic hydroxyl groups is 3. The van der Waals surface area contributed by atoms with Crippen LogP contribution in [0.1, 0.15) is 78.1 Å².